The average molecular weight is 280 g/mol. The highest BCUT2D eigenvalue weighted by Gasteiger charge is 2.10. The van der Waals surface area contributed by atoms with E-state index in [-0.39, 0.29) is 18.4 Å². The van der Waals surface area contributed by atoms with Crippen LogP contribution in [-0.4, -0.2) is 45.8 Å². The summed E-state index contributed by atoms with van der Waals surface area (Å²) < 4.78 is 9.53. The van der Waals surface area contributed by atoms with Crippen LogP contribution in [0.2, 0.25) is 0 Å². The van der Waals surface area contributed by atoms with Crippen molar-refractivity contribution >= 4 is 17.6 Å². The van der Waals surface area contributed by atoms with E-state index in [0.29, 0.717) is 24.4 Å². The highest BCUT2D eigenvalue weighted by atomic mass is 16.5. The van der Waals surface area contributed by atoms with Crippen LogP contribution < -0.4 is 10.6 Å². The van der Waals surface area contributed by atoms with Crippen LogP contribution in [0.25, 0.3) is 0 Å². The van der Waals surface area contributed by atoms with E-state index in [0.717, 1.165) is 5.56 Å². The van der Waals surface area contributed by atoms with E-state index in [1.807, 2.05) is 0 Å². The Morgan fingerprint density at radius 1 is 1.25 bits per heavy atom. The number of hydrogen-bond donors (Lipinski definition) is 2. The molecule has 0 aliphatic carbocycles. The third-order valence-corrected chi connectivity index (χ3v) is 2.68. The first kappa shape index (κ1) is 16.1. The first-order chi connectivity index (χ1) is 9.58. The van der Waals surface area contributed by atoms with Crippen molar-refractivity contribution in [1.29, 1.82) is 0 Å². The number of carbonyl (C=O) groups is 2. The molecule has 0 aromatic heterocycles. The molecule has 0 aliphatic rings. The molecule has 1 aromatic carbocycles. The largest absolute Gasteiger partial charge is 0.465 e. The Morgan fingerprint density at radius 3 is 2.60 bits per heavy atom. The van der Waals surface area contributed by atoms with Crippen LogP contribution in [0.4, 0.5) is 5.69 Å². The van der Waals surface area contributed by atoms with Crippen LogP contribution in [0.15, 0.2) is 18.2 Å². The summed E-state index contributed by atoms with van der Waals surface area (Å²) in [6.45, 7) is 3.17. The number of carbonyl (C=O) groups excluding carboxylic acids is 2. The Hall–Kier alpha value is -1.92. The fourth-order valence-electron chi connectivity index (χ4n) is 1.66. The van der Waals surface area contributed by atoms with Crippen molar-refractivity contribution in [2.75, 3.05) is 39.2 Å². The van der Waals surface area contributed by atoms with Crippen LogP contribution in [-0.2, 0) is 14.3 Å². The maximum absolute atomic E-state index is 11.7. The van der Waals surface area contributed by atoms with Gasteiger partial charge in [-0.25, -0.2) is 4.79 Å². The van der Waals surface area contributed by atoms with Crippen molar-refractivity contribution in [2.24, 2.45) is 0 Å². The van der Waals surface area contributed by atoms with E-state index in [2.05, 4.69) is 15.4 Å². The van der Waals surface area contributed by atoms with Crippen molar-refractivity contribution in [3.05, 3.63) is 29.3 Å². The number of esters is 1. The second-order valence-electron chi connectivity index (χ2n) is 4.24. The Bertz CT molecular complexity index is 474. The number of methoxy groups -OCH3 is 2. The molecule has 0 bridgehead atoms. The zero-order chi connectivity index (χ0) is 15.0. The summed E-state index contributed by atoms with van der Waals surface area (Å²) in [6.07, 6.45) is 0. The average Bonchev–Trinajstić information content (AvgIpc) is 2.43. The monoisotopic (exact) mass is 280 g/mol. The quantitative estimate of drug-likeness (QED) is 0.574. The van der Waals surface area contributed by atoms with Gasteiger partial charge in [-0.15, -0.1) is 0 Å². The van der Waals surface area contributed by atoms with Crippen molar-refractivity contribution in [3.63, 3.8) is 0 Å². The van der Waals surface area contributed by atoms with Gasteiger partial charge in [-0.1, -0.05) is 0 Å². The summed E-state index contributed by atoms with van der Waals surface area (Å²) in [5.41, 5.74) is 1.89. The molecule has 6 heteroatoms. The van der Waals surface area contributed by atoms with Gasteiger partial charge in [0.05, 0.1) is 25.8 Å². The van der Waals surface area contributed by atoms with Gasteiger partial charge in [-0.2, -0.15) is 0 Å². The molecule has 1 rings (SSSR count). The zero-order valence-electron chi connectivity index (χ0n) is 12.0. The molecule has 1 aromatic rings. The minimum atomic E-state index is -0.387. The number of aryl methyl sites for hydroxylation is 1. The lowest BCUT2D eigenvalue weighted by molar-refractivity contribution is -0.115. The van der Waals surface area contributed by atoms with E-state index < -0.39 is 0 Å². The number of hydrogen-bond acceptors (Lipinski definition) is 5. The minimum Gasteiger partial charge on any atom is -0.465 e. The van der Waals surface area contributed by atoms with E-state index in [9.17, 15) is 9.59 Å². The molecule has 0 radical (unpaired) electrons. The number of ether oxygens (including phenoxy) is 2. The van der Waals surface area contributed by atoms with Gasteiger partial charge in [0.15, 0.2) is 0 Å². The highest BCUT2D eigenvalue weighted by Crippen LogP contribution is 2.15. The van der Waals surface area contributed by atoms with Gasteiger partial charge >= 0.3 is 5.97 Å². The SMILES string of the molecule is COCCNCC(=O)Nc1ccc(C(=O)OC)c(C)c1. The topological polar surface area (TPSA) is 76.7 Å². The Labute approximate surface area is 118 Å². The predicted molar refractivity (Wildman–Crippen MR) is 75.9 cm³/mol. The molecule has 0 heterocycles. The molecule has 0 unspecified atom stereocenters. The third kappa shape index (κ3) is 4.99. The van der Waals surface area contributed by atoms with E-state index in [4.69, 9.17) is 4.74 Å². The molecule has 20 heavy (non-hydrogen) atoms. The van der Waals surface area contributed by atoms with Gasteiger partial charge in [0.25, 0.3) is 0 Å². The summed E-state index contributed by atoms with van der Waals surface area (Å²) in [5, 5.41) is 5.70. The van der Waals surface area contributed by atoms with Gasteiger partial charge < -0.3 is 20.1 Å². The van der Waals surface area contributed by atoms with Gasteiger partial charge in [0, 0.05) is 19.3 Å². The van der Waals surface area contributed by atoms with Crippen LogP contribution >= 0.6 is 0 Å². The highest BCUT2D eigenvalue weighted by molar-refractivity contribution is 5.94. The Morgan fingerprint density at radius 2 is 2.00 bits per heavy atom. The minimum absolute atomic E-state index is 0.147. The molecule has 0 spiro atoms. The zero-order valence-corrected chi connectivity index (χ0v) is 12.0. The number of anilines is 1. The van der Waals surface area contributed by atoms with Crippen molar-refractivity contribution in [1.82, 2.24) is 5.32 Å². The van der Waals surface area contributed by atoms with Gasteiger partial charge in [-0.3, -0.25) is 4.79 Å². The summed E-state index contributed by atoms with van der Waals surface area (Å²) in [5.74, 6) is -0.534. The second kappa shape index (κ2) is 8.29. The summed E-state index contributed by atoms with van der Waals surface area (Å²) in [6, 6.07) is 5.04. The molecule has 2 N–H and O–H groups in total. The van der Waals surface area contributed by atoms with Crippen LogP contribution in [0.5, 0.6) is 0 Å². The molecule has 1 amide bonds. The fraction of sp³-hybridized carbons (Fsp3) is 0.429. The summed E-state index contributed by atoms with van der Waals surface area (Å²) in [7, 11) is 2.94. The molecular formula is C14H20N2O4. The van der Waals surface area contributed by atoms with Gasteiger partial charge in [0.2, 0.25) is 5.91 Å². The first-order valence-electron chi connectivity index (χ1n) is 6.27. The standard InChI is InChI=1S/C14H20N2O4/c1-10-8-11(4-5-12(10)14(18)20-3)16-13(17)9-15-6-7-19-2/h4-5,8,15H,6-7,9H2,1-3H3,(H,16,17). The number of rotatable bonds is 7. The van der Waals surface area contributed by atoms with Crippen molar-refractivity contribution < 1.29 is 19.1 Å². The summed E-state index contributed by atoms with van der Waals surface area (Å²) in [4.78, 5) is 23.1. The molecule has 0 atom stereocenters. The fourth-order valence-corrected chi connectivity index (χ4v) is 1.66. The lowest BCUT2D eigenvalue weighted by Crippen LogP contribution is -2.30. The first-order valence-corrected chi connectivity index (χ1v) is 6.27. The lowest BCUT2D eigenvalue weighted by Gasteiger charge is -2.09. The number of benzene rings is 1. The van der Waals surface area contributed by atoms with Crippen LogP contribution in [0.1, 0.15) is 15.9 Å². The predicted octanol–water partition coefficient (Wildman–Crippen LogP) is 0.956. The Balaban J connectivity index is 2.54. The van der Waals surface area contributed by atoms with Crippen LogP contribution in [0, 0.1) is 6.92 Å². The molecule has 0 fully saturated rings. The van der Waals surface area contributed by atoms with Crippen molar-refractivity contribution in [2.45, 2.75) is 6.92 Å². The maximum Gasteiger partial charge on any atom is 0.338 e. The van der Waals surface area contributed by atoms with Crippen LogP contribution in [0.3, 0.4) is 0 Å². The third-order valence-electron chi connectivity index (χ3n) is 2.68. The smallest absolute Gasteiger partial charge is 0.338 e. The van der Waals surface area contributed by atoms with E-state index in [1.54, 1.807) is 32.2 Å². The molecule has 0 saturated heterocycles. The molecule has 0 saturated carbocycles. The Kier molecular flexibility index (Phi) is 6.69. The van der Waals surface area contributed by atoms with E-state index >= 15 is 0 Å². The molecular weight excluding hydrogens is 260 g/mol. The summed E-state index contributed by atoms with van der Waals surface area (Å²) >= 11 is 0. The molecule has 0 aliphatic heterocycles. The van der Waals surface area contributed by atoms with E-state index in [1.165, 1.54) is 7.11 Å². The molecule has 6 nitrogen and oxygen atoms in total. The lowest BCUT2D eigenvalue weighted by atomic mass is 10.1. The maximum atomic E-state index is 11.7. The van der Waals surface area contributed by atoms with Gasteiger partial charge in [-0.05, 0) is 30.7 Å². The molecule has 110 valence electrons. The van der Waals surface area contributed by atoms with Gasteiger partial charge in [0.1, 0.15) is 0 Å². The number of nitrogens with one attached hydrogen (secondary N) is 2. The van der Waals surface area contributed by atoms with Crippen molar-refractivity contribution in [3.8, 4) is 0 Å². The number of amides is 1. The normalized spacial score (nSPS) is 10.2. The second-order valence-corrected chi connectivity index (χ2v) is 4.24.